The van der Waals surface area contributed by atoms with E-state index in [4.69, 9.17) is 0 Å². The third-order valence-electron chi connectivity index (χ3n) is 4.07. The highest BCUT2D eigenvalue weighted by Crippen LogP contribution is 2.28. The SMILES string of the molecule is O=C1CCC(=O)N1C1CCC(Nc2cnccn2)CC1. The van der Waals surface area contributed by atoms with Crippen molar-refractivity contribution in [2.24, 2.45) is 0 Å². The van der Waals surface area contributed by atoms with Crippen LogP contribution in [0.4, 0.5) is 5.82 Å². The van der Waals surface area contributed by atoms with Crippen LogP contribution in [0.25, 0.3) is 0 Å². The molecule has 1 aliphatic heterocycles. The van der Waals surface area contributed by atoms with Crippen LogP contribution in [0.15, 0.2) is 18.6 Å². The second-order valence-corrected chi connectivity index (χ2v) is 5.40. The van der Waals surface area contributed by atoms with E-state index in [1.54, 1.807) is 18.6 Å². The number of hydrogen-bond donors (Lipinski definition) is 1. The van der Waals surface area contributed by atoms with Gasteiger partial charge >= 0.3 is 0 Å². The molecule has 2 heterocycles. The number of anilines is 1. The number of amides is 2. The van der Waals surface area contributed by atoms with Crippen molar-refractivity contribution >= 4 is 17.6 Å². The van der Waals surface area contributed by atoms with Gasteiger partial charge in [-0.15, -0.1) is 0 Å². The van der Waals surface area contributed by atoms with E-state index in [-0.39, 0.29) is 17.9 Å². The lowest BCUT2D eigenvalue weighted by atomic mass is 9.90. The van der Waals surface area contributed by atoms with E-state index < -0.39 is 0 Å². The molecule has 0 bridgehead atoms. The molecule has 2 fully saturated rings. The summed E-state index contributed by atoms with van der Waals surface area (Å²) in [7, 11) is 0. The number of hydrogen-bond acceptors (Lipinski definition) is 5. The lowest BCUT2D eigenvalue weighted by Crippen LogP contribution is -2.43. The number of nitrogens with zero attached hydrogens (tertiary/aromatic N) is 3. The topological polar surface area (TPSA) is 75.2 Å². The summed E-state index contributed by atoms with van der Waals surface area (Å²) >= 11 is 0. The Kier molecular flexibility index (Phi) is 3.62. The van der Waals surface area contributed by atoms with Gasteiger partial charge in [-0.25, -0.2) is 4.98 Å². The molecule has 2 aliphatic rings. The van der Waals surface area contributed by atoms with Crippen molar-refractivity contribution in [3.8, 4) is 0 Å². The highest BCUT2D eigenvalue weighted by atomic mass is 16.2. The summed E-state index contributed by atoms with van der Waals surface area (Å²) in [5.41, 5.74) is 0. The van der Waals surface area contributed by atoms with Crippen LogP contribution >= 0.6 is 0 Å². The highest BCUT2D eigenvalue weighted by Gasteiger charge is 2.36. The molecule has 1 N–H and O–H groups in total. The second-order valence-electron chi connectivity index (χ2n) is 5.40. The van der Waals surface area contributed by atoms with Gasteiger partial charge in [-0.05, 0) is 25.7 Å². The van der Waals surface area contributed by atoms with Gasteiger partial charge in [-0.2, -0.15) is 0 Å². The molecular weight excluding hydrogens is 256 g/mol. The van der Waals surface area contributed by atoms with Crippen molar-refractivity contribution in [3.63, 3.8) is 0 Å². The Labute approximate surface area is 117 Å². The van der Waals surface area contributed by atoms with E-state index in [9.17, 15) is 9.59 Å². The van der Waals surface area contributed by atoms with Crippen molar-refractivity contribution < 1.29 is 9.59 Å². The van der Waals surface area contributed by atoms with Crippen LogP contribution in [-0.4, -0.2) is 38.8 Å². The first-order valence-electron chi connectivity index (χ1n) is 7.11. The summed E-state index contributed by atoms with van der Waals surface area (Å²) in [6, 6.07) is 0.438. The number of carbonyl (C=O) groups excluding carboxylic acids is 2. The van der Waals surface area contributed by atoms with Crippen molar-refractivity contribution in [1.82, 2.24) is 14.9 Å². The molecule has 0 aromatic carbocycles. The molecule has 1 aromatic heterocycles. The van der Waals surface area contributed by atoms with E-state index in [0.29, 0.717) is 18.9 Å². The van der Waals surface area contributed by atoms with Gasteiger partial charge in [-0.1, -0.05) is 0 Å². The third-order valence-corrected chi connectivity index (χ3v) is 4.07. The summed E-state index contributed by atoms with van der Waals surface area (Å²) in [6.07, 6.45) is 9.41. The zero-order valence-corrected chi connectivity index (χ0v) is 11.3. The molecular formula is C14H18N4O2. The van der Waals surface area contributed by atoms with Crippen molar-refractivity contribution in [1.29, 1.82) is 0 Å². The predicted molar refractivity (Wildman–Crippen MR) is 72.8 cm³/mol. The predicted octanol–water partition coefficient (Wildman–Crippen LogP) is 1.35. The van der Waals surface area contributed by atoms with E-state index >= 15 is 0 Å². The fourth-order valence-corrected chi connectivity index (χ4v) is 3.06. The molecule has 2 amide bonds. The van der Waals surface area contributed by atoms with Gasteiger partial charge in [0.2, 0.25) is 11.8 Å². The van der Waals surface area contributed by atoms with Gasteiger partial charge in [0.15, 0.2) is 0 Å². The average molecular weight is 274 g/mol. The van der Waals surface area contributed by atoms with Crippen LogP contribution in [-0.2, 0) is 9.59 Å². The Hall–Kier alpha value is -1.98. The number of likely N-dealkylation sites (tertiary alicyclic amines) is 1. The highest BCUT2D eigenvalue weighted by molar-refractivity contribution is 6.02. The van der Waals surface area contributed by atoms with Gasteiger partial charge < -0.3 is 5.32 Å². The summed E-state index contributed by atoms with van der Waals surface area (Å²) in [6.45, 7) is 0. The molecule has 1 aliphatic carbocycles. The normalized spacial score (nSPS) is 26.9. The lowest BCUT2D eigenvalue weighted by Gasteiger charge is -2.33. The van der Waals surface area contributed by atoms with Crippen molar-refractivity contribution in [2.45, 2.75) is 50.6 Å². The molecule has 1 saturated carbocycles. The van der Waals surface area contributed by atoms with Crippen LogP contribution in [0, 0.1) is 0 Å². The second kappa shape index (κ2) is 5.56. The van der Waals surface area contributed by atoms with Crippen LogP contribution in [0.3, 0.4) is 0 Å². The molecule has 6 nitrogen and oxygen atoms in total. The fourth-order valence-electron chi connectivity index (χ4n) is 3.06. The maximum absolute atomic E-state index is 11.7. The molecule has 6 heteroatoms. The van der Waals surface area contributed by atoms with E-state index in [1.807, 2.05) is 0 Å². The molecule has 106 valence electrons. The van der Waals surface area contributed by atoms with Crippen molar-refractivity contribution in [2.75, 3.05) is 5.32 Å². The van der Waals surface area contributed by atoms with E-state index in [0.717, 1.165) is 31.5 Å². The fraction of sp³-hybridized carbons (Fsp3) is 0.571. The largest absolute Gasteiger partial charge is 0.366 e. The Morgan fingerprint density at radius 3 is 2.35 bits per heavy atom. The average Bonchev–Trinajstić information content (AvgIpc) is 2.81. The number of imide groups is 1. The zero-order valence-electron chi connectivity index (χ0n) is 11.3. The lowest BCUT2D eigenvalue weighted by molar-refractivity contribution is -0.141. The maximum Gasteiger partial charge on any atom is 0.229 e. The Morgan fingerprint density at radius 1 is 1.05 bits per heavy atom. The van der Waals surface area contributed by atoms with Crippen molar-refractivity contribution in [3.05, 3.63) is 18.6 Å². The summed E-state index contributed by atoms with van der Waals surface area (Å²) < 4.78 is 0. The Balaban J connectivity index is 1.55. The number of nitrogens with one attached hydrogen (secondary N) is 1. The monoisotopic (exact) mass is 274 g/mol. The van der Waals surface area contributed by atoms with Crippen LogP contribution in [0.2, 0.25) is 0 Å². The first-order valence-corrected chi connectivity index (χ1v) is 7.11. The molecule has 3 rings (SSSR count). The molecule has 1 aromatic rings. The molecule has 20 heavy (non-hydrogen) atoms. The molecule has 0 unspecified atom stereocenters. The van der Waals surface area contributed by atoms with Gasteiger partial charge in [0.1, 0.15) is 5.82 Å². The van der Waals surface area contributed by atoms with Gasteiger partial charge in [-0.3, -0.25) is 19.5 Å². The van der Waals surface area contributed by atoms with Crippen LogP contribution in [0.5, 0.6) is 0 Å². The quantitative estimate of drug-likeness (QED) is 0.842. The third kappa shape index (κ3) is 2.64. The van der Waals surface area contributed by atoms with Gasteiger partial charge in [0.25, 0.3) is 0 Å². The summed E-state index contributed by atoms with van der Waals surface area (Å²) in [5.74, 6) is 0.782. The minimum Gasteiger partial charge on any atom is -0.366 e. The number of rotatable bonds is 3. The molecule has 0 atom stereocenters. The molecule has 0 spiro atoms. The van der Waals surface area contributed by atoms with Crippen LogP contribution in [0.1, 0.15) is 38.5 Å². The summed E-state index contributed by atoms with van der Waals surface area (Å²) in [5, 5.41) is 3.35. The van der Waals surface area contributed by atoms with Crippen LogP contribution < -0.4 is 5.32 Å². The number of aromatic nitrogens is 2. The van der Waals surface area contributed by atoms with E-state index in [2.05, 4.69) is 15.3 Å². The number of carbonyl (C=O) groups is 2. The molecule has 0 radical (unpaired) electrons. The molecule has 1 saturated heterocycles. The van der Waals surface area contributed by atoms with Gasteiger partial charge in [0, 0.05) is 37.3 Å². The Morgan fingerprint density at radius 2 is 1.75 bits per heavy atom. The minimum absolute atomic E-state index is 0.000310. The standard InChI is InChI=1S/C14H18N4O2/c19-13-5-6-14(20)18(13)11-3-1-10(2-4-11)17-12-9-15-7-8-16-12/h7-11H,1-6H2,(H,16,17). The maximum atomic E-state index is 11.7. The zero-order chi connectivity index (χ0) is 13.9. The minimum atomic E-state index is 0.000310. The van der Waals surface area contributed by atoms with E-state index in [1.165, 1.54) is 4.90 Å². The first kappa shape index (κ1) is 13.0. The Bertz CT molecular complexity index is 481. The first-order chi connectivity index (χ1) is 9.74. The summed E-state index contributed by atoms with van der Waals surface area (Å²) in [4.78, 5) is 33.2. The smallest absolute Gasteiger partial charge is 0.229 e. The van der Waals surface area contributed by atoms with Gasteiger partial charge in [0.05, 0.1) is 6.20 Å².